The number of hydrogen-bond donors (Lipinski definition) is 2. The molecule has 0 spiro atoms. The van der Waals surface area contributed by atoms with Gasteiger partial charge in [0.25, 0.3) is 0 Å². The summed E-state index contributed by atoms with van der Waals surface area (Å²) in [6.45, 7) is 4.16. The molecular weight excluding hydrogens is 176 g/mol. The topological polar surface area (TPSA) is 69.9 Å². The first-order valence-electron chi connectivity index (χ1n) is 5.24. The monoisotopic (exact) mass is 194 g/mol. The zero-order chi connectivity index (χ0) is 10.3. The SMILES string of the molecule is CC(C)c1nc(C2CCC2)c(N)n1N. The van der Waals surface area contributed by atoms with Gasteiger partial charge in [-0.2, -0.15) is 0 Å². The van der Waals surface area contributed by atoms with Gasteiger partial charge in [0.15, 0.2) is 0 Å². The Morgan fingerprint density at radius 2 is 2.07 bits per heavy atom. The lowest BCUT2D eigenvalue weighted by atomic mass is 9.83. The number of hydrogen-bond acceptors (Lipinski definition) is 3. The summed E-state index contributed by atoms with van der Waals surface area (Å²) in [5.41, 5.74) is 6.94. The summed E-state index contributed by atoms with van der Waals surface area (Å²) < 4.78 is 1.54. The van der Waals surface area contributed by atoms with Gasteiger partial charge in [0.2, 0.25) is 0 Å². The van der Waals surface area contributed by atoms with Gasteiger partial charge in [-0.3, -0.25) is 0 Å². The molecule has 0 unspecified atom stereocenters. The van der Waals surface area contributed by atoms with E-state index in [1.165, 1.54) is 19.3 Å². The second-order valence-corrected chi connectivity index (χ2v) is 4.39. The van der Waals surface area contributed by atoms with Crippen molar-refractivity contribution < 1.29 is 0 Å². The average Bonchev–Trinajstić information content (AvgIpc) is 2.30. The van der Waals surface area contributed by atoms with Crippen LogP contribution >= 0.6 is 0 Å². The van der Waals surface area contributed by atoms with E-state index in [0.717, 1.165) is 11.5 Å². The predicted octanol–water partition coefficient (Wildman–Crippen LogP) is 1.57. The van der Waals surface area contributed by atoms with Crippen LogP contribution in [0.5, 0.6) is 0 Å². The van der Waals surface area contributed by atoms with Crippen molar-refractivity contribution in [1.29, 1.82) is 0 Å². The maximum absolute atomic E-state index is 5.93. The Kier molecular flexibility index (Phi) is 2.13. The van der Waals surface area contributed by atoms with Gasteiger partial charge in [-0.15, -0.1) is 0 Å². The summed E-state index contributed by atoms with van der Waals surface area (Å²) in [7, 11) is 0. The van der Waals surface area contributed by atoms with E-state index in [4.69, 9.17) is 11.6 Å². The van der Waals surface area contributed by atoms with Crippen molar-refractivity contribution in [2.24, 2.45) is 0 Å². The Bertz CT molecular complexity index is 336. The molecule has 0 radical (unpaired) electrons. The first-order chi connectivity index (χ1) is 6.61. The number of imidazole rings is 1. The Morgan fingerprint density at radius 3 is 2.43 bits per heavy atom. The molecule has 0 saturated heterocycles. The Hall–Kier alpha value is -1.19. The summed E-state index contributed by atoms with van der Waals surface area (Å²) >= 11 is 0. The molecule has 1 aromatic heterocycles. The Balaban J connectivity index is 2.36. The van der Waals surface area contributed by atoms with E-state index < -0.39 is 0 Å². The van der Waals surface area contributed by atoms with Gasteiger partial charge >= 0.3 is 0 Å². The number of rotatable bonds is 2. The molecular formula is C10H18N4. The van der Waals surface area contributed by atoms with Crippen molar-refractivity contribution in [3.8, 4) is 0 Å². The predicted molar refractivity (Wildman–Crippen MR) is 57.5 cm³/mol. The molecule has 0 aromatic carbocycles. The number of nitrogens with two attached hydrogens (primary N) is 2. The van der Waals surface area contributed by atoms with Crippen LogP contribution in [0.3, 0.4) is 0 Å². The standard InChI is InChI=1S/C10H18N4/c1-6(2)10-13-8(7-4-3-5-7)9(11)14(10)12/h6-7H,3-5,11-12H2,1-2H3. The van der Waals surface area contributed by atoms with E-state index in [0.29, 0.717) is 17.7 Å². The quantitative estimate of drug-likeness (QED) is 0.702. The van der Waals surface area contributed by atoms with Crippen LogP contribution in [0.2, 0.25) is 0 Å². The van der Waals surface area contributed by atoms with Gasteiger partial charge in [0.05, 0.1) is 5.69 Å². The maximum Gasteiger partial charge on any atom is 0.146 e. The van der Waals surface area contributed by atoms with Gasteiger partial charge in [-0.05, 0) is 12.8 Å². The van der Waals surface area contributed by atoms with Crippen molar-refractivity contribution in [1.82, 2.24) is 9.66 Å². The lowest BCUT2D eigenvalue weighted by molar-refractivity contribution is 0.413. The van der Waals surface area contributed by atoms with E-state index in [1.54, 1.807) is 4.68 Å². The molecule has 0 aliphatic heterocycles. The molecule has 4 heteroatoms. The van der Waals surface area contributed by atoms with E-state index in [-0.39, 0.29) is 0 Å². The van der Waals surface area contributed by atoms with Crippen LogP contribution in [0.1, 0.15) is 56.5 Å². The maximum atomic E-state index is 5.93. The van der Waals surface area contributed by atoms with Crippen molar-refractivity contribution >= 4 is 5.82 Å². The number of nitrogens with zero attached hydrogens (tertiary/aromatic N) is 2. The van der Waals surface area contributed by atoms with Crippen LogP contribution in [-0.4, -0.2) is 9.66 Å². The minimum absolute atomic E-state index is 0.330. The molecule has 78 valence electrons. The van der Waals surface area contributed by atoms with Gasteiger partial charge in [0, 0.05) is 11.8 Å². The summed E-state index contributed by atoms with van der Waals surface area (Å²) in [5, 5.41) is 0. The molecule has 1 aliphatic carbocycles. The number of anilines is 1. The van der Waals surface area contributed by atoms with Crippen molar-refractivity contribution in [2.75, 3.05) is 11.6 Å². The van der Waals surface area contributed by atoms with Crippen LogP contribution in [0.4, 0.5) is 5.82 Å². The molecule has 0 amide bonds. The normalized spacial score (nSPS) is 17.4. The third-order valence-electron chi connectivity index (χ3n) is 3.01. The summed E-state index contributed by atoms with van der Waals surface area (Å²) in [6, 6.07) is 0. The molecule has 1 aromatic rings. The number of aromatic nitrogens is 2. The third-order valence-corrected chi connectivity index (χ3v) is 3.01. The minimum Gasteiger partial charge on any atom is -0.382 e. The van der Waals surface area contributed by atoms with Crippen LogP contribution in [0, 0.1) is 0 Å². The van der Waals surface area contributed by atoms with Crippen molar-refractivity contribution in [3.63, 3.8) is 0 Å². The molecule has 2 rings (SSSR count). The van der Waals surface area contributed by atoms with E-state index >= 15 is 0 Å². The summed E-state index contributed by atoms with van der Waals surface area (Å²) in [6.07, 6.45) is 3.70. The van der Waals surface area contributed by atoms with Crippen LogP contribution in [-0.2, 0) is 0 Å². The van der Waals surface area contributed by atoms with Crippen LogP contribution in [0.25, 0.3) is 0 Å². The molecule has 0 atom stereocenters. The molecule has 0 bridgehead atoms. The average molecular weight is 194 g/mol. The molecule has 1 heterocycles. The molecule has 4 N–H and O–H groups in total. The van der Waals surface area contributed by atoms with Gasteiger partial charge in [0.1, 0.15) is 11.6 Å². The van der Waals surface area contributed by atoms with Gasteiger partial charge in [-0.1, -0.05) is 20.3 Å². The zero-order valence-corrected chi connectivity index (χ0v) is 8.83. The largest absolute Gasteiger partial charge is 0.382 e. The van der Waals surface area contributed by atoms with Gasteiger partial charge < -0.3 is 11.6 Å². The highest BCUT2D eigenvalue weighted by Crippen LogP contribution is 2.38. The molecule has 1 saturated carbocycles. The fraction of sp³-hybridized carbons (Fsp3) is 0.700. The van der Waals surface area contributed by atoms with E-state index in [9.17, 15) is 0 Å². The number of nitrogen functional groups attached to an aromatic ring is 2. The highest BCUT2D eigenvalue weighted by Gasteiger charge is 2.27. The second-order valence-electron chi connectivity index (χ2n) is 4.39. The summed E-state index contributed by atoms with van der Waals surface area (Å²) in [4.78, 5) is 4.54. The first kappa shape index (κ1) is 9.37. The highest BCUT2D eigenvalue weighted by molar-refractivity contribution is 5.42. The smallest absolute Gasteiger partial charge is 0.146 e. The fourth-order valence-corrected chi connectivity index (χ4v) is 1.87. The lowest BCUT2D eigenvalue weighted by Crippen LogP contribution is -2.17. The zero-order valence-electron chi connectivity index (χ0n) is 8.83. The van der Waals surface area contributed by atoms with Crippen LogP contribution in [0.15, 0.2) is 0 Å². The minimum atomic E-state index is 0.330. The Labute approximate surface area is 84.3 Å². The van der Waals surface area contributed by atoms with E-state index in [2.05, 4.69) is 18.8 Å². The fourth-order valence-electron chi connectivity index (χ4n) is 1.87. The van der Waals surface area contributed by atoms with Crippen molar-refractivity contribution in [2.45, 2.75) is 44.9 Å². The first-order valence-corrected chi connectivity index (χ1v) is 5.24. The molecule has 4 nitrogen and oxygen atoms in total. The summed E-state index contributed by atoms with van der Waals surface area (Å²) in [5.74, 6) is 8.28. The van der Waals surface area contributed by atoms with Crippen molar-refractivity contribution in [3.05, 3.63) is 11.5 Å². The highest BCUT2D eigenvalue weighted by atomic mass is 15.4. The van der Waals surface area contributed by atoms with Crippen LogP contribution < -0.4 is 11.6 Å². The molecule has 1 fully saturated rings. The second kappa shape index (κ2) is 3.19. The third kappa shape index (κ3) is 1.25. The molecule has 14 heavy (non-hydrogen) atoms. The Morgan fingerprint density at radius 1 is 1.43 bits per heavy atom. The van der Waals surface area contributed by atoms with Gasteiger partial charge in [-0.25, -0.2) is 9.66 Å². The molecule has 1 aliphatic rings. The van der Waals surface area contributed by atoms with E-state index in [1.807, 2.05) is 0 Å². The lowest BCUT2D eigenvalue weighted by Gasteiger charge is -2.23.